The molecule has 0 radical (unpaired) electrons. The SMILES string of the molecule is CC(C)OC(=O)[C@H](C)NP(=O)(OCc1ccc([N+](=O)[O-])s1)OC[C@H]1O[C@@H](n2cnc(N)nc2=O)C(F)(F)C1O. The Hall–Kier alpha value is -2.93. The number of aliphatic hydroxyl groups excluding tert-OH is 1. The minimum atomic E-state index is -4.54. The minimum Gasteiger partial charge on any atom is -0.462 e. The zero-order valence-corrected chi connectivity index (χ0v) is 22.3. The van der Waals surface area contributed by atoms with E-state index in [4.69, 9.17) is 24.3 Å². The van der Waals surface area contributed by atoms with Crippen molar-refractivity contribution in [2.75, 3.05) is 12.3 Å². The Morgan fingerprint density at radius 1 is 1.41 bits per heavy atom. The van der Waals surface area contributed by atoms with E-state index in [0.29, 0.717) is 10.9 Å². The Morgan fingerprint density at radius 3 is 2.69 bits per heavy atom. The van der Waals surface area contributed by atoms with Crippen LogP contribution < -0.4 is 16.5 Å². The number of nitrogens with zero attached hydrogens (tertiary/aromatic N) is 4. The highest BCUT2D eigenvalue weighted by Crippen LogP contribution is 2.48. The number of carbonyl (C=O) groups excluding carboxylic acids is 1. The Labute approximate surface area is 222 Å². The first-order chi connectivity index (χ1) is 18.1. The van der Waals surface area contributed by atoms with Gasteiger partial charge in [0.15, 0.2) is 6.10 Å². The fraction of sp³-hybridized carbons (Fsp3) is 0.579. The molecule has 1 fully saturated rings. The van der Waals surface area contributed by atoms with Gasteiger partial charge in [-0.25, -0.2) is 24.0 Å². The van der Waals surface area contributed by atoms with Gasteiger partial charge in [-0.3, -0.25) is 24.0 Å². The molecule has 2 unspecified atom stereocenters. The zero-order chi connectivity index (χ0) is 29.1. The largest absolute Gasteiger partial charge is 0.462 e. The molecule has 0 saturated carbocycles. The van der Waals surface area contributed by atoms with Crippen LogP contribution in [-0.4, -0.2) is 67.4 Å². The second-order valence-corrected chi connectivity index (χ2v) is 11.4. The third kappa shape index (κ3) is 7.38. The first-order valence-corrected chi connectivity index (χ1v) is 13.5. The smallest absolute Gasteiger partial charge is 0.406 e. The summed E-state index contributed by atoms with van der Waals surface area (Å²) in [5, 5.41) is 23.2. The molecule has 0 amide bonds. The summed E-state index contributed by atoms with van der Waals surface area (Å²) in [7, 11) is -4.54. The van der Waals surface area contributed by atoms with Gasteiger partial charge >= 0.3 is 30.3 Å². The van der Waals surface area contributed by atoms with Crippen LogP contribution >= 0.6 is 19.1 Å². The number of nitrogens with two attached hydrogens (primary N) is 1. The predicted octanol–water partition coefficient (Wildman–Crippen LogP) is 1.35. The molecular formula is C19H25F2N6O10PS. The van der Waals surface area contributed by atoms with E-state index in [1.165, 1.54) is 19.1 Å². The van der Waals surface area contributed by atoms with Gasteiger partial charge < -0.3 is 20.3 Å². The van der Waals surface area contributed by atoms with Gasteiger partial charge in [-0.05, 0) is 26.8 Å². The van der Waals surface area contributed by atoms with E-state index in [0.717, 1.165) is 11.3 Å². The molecular weight excluding hydrogens is 573 g/mol. The van der Waals surface area contributed by atoms with Crippen molar-refractivity contribution in [3.8, 4) is 0 Å². The van der Waals surface area contributed by atoms with Crippen molar-refractivity contribution in [3.05, 3.63) is 43.9 Å². The molecule has 0 spiro atoms. The van der Waals surface area contributed by atoms with Crippen LogP contribution in [-0.2, 0) is 34.5 Å². The van der Waals surface area contributed by atoms with Crippen molar-refractivity contribution in [1.82, 2.24) is 19.6 Å². The van der Waals surface area contributed by atoms with Crippen LogP contribution in [0, 0.1) is 10.1 Å². The number of halogens is 2. The maximum absolute atomic E-state index is 14.8. The number of anilines is 1. The van der Waals surface area contributed by atoms with Crippen molar-refractivity contribution >= 4 is 36.0 Å². The molecule has 4 N–H and O–H groups in total. The second kappa shape index (κ2) is 12.1. The van der Waals surface area contributed by atoms with Gasteiger partial charge in [0.25, 0.3) is 0 Å². The highest BCUT2D eigenvalue weighted by atomic mass is 32.1. The van der Waals surface area contributed by atoms with Crippen LogP contribution in [0.3, 0.4) is 0 Å². The molecule has 2 aromatic rings. The van der Waals surface area contributed by atoms with E-state index < -0.39 is 80.0 Å². The quantitative estimate of drug-likeness (QED) is 0.136. The first kappa shape index (κ1) is 30.6. The average molecular weight is 598 g/mol. The third-order valence-corrected chi connectivity index (χ3v) is 7.72. The van der Waals surface area contributed by atoms with Crippen LogP contribution in [0.5, 0.6) is 0 Å². The number of alkyl halides is 2. The van der Waals surface area contributed by atoms with E-state index in [9.17, 15) is 38.2 Å². The highest BCUT2D eigenvalue weighted by Gasteiger charge is 2.60. The number of nitrogen functional groups attached to an aromatic ring is 1. The van der Waals surface area contributed by atoms with Gasteiger partial charge in [0.1, 0.15) is 18.5 Å². The summed E-state index contributed by atoms with van der Waals surface area (Å²) in [6.07, 6.45) is -6.58. The van der Waals surface area contributed by atoms with Gasteiger partial charge in [-0.1, -0.05) is 11.3 Å². The van der Waals surface area contributed by atoms with Gasteiger partial charge in [-0.2, -0.15) is 13.8 Å². The van der Waals surface area contributed by atoms with Gasteiger partial charge in [-0.15, -0.1) is 0 Å². The summed E-state index contributed by atoms with van der Waals surface area (Å²) < 4.78 is 64.1. The number of aromatic nitrogens is 3. The number of rotatable bonds is 12. The van der Waals surface area contributed by atoms with Crippen molar-refractivity contribution < 1.29 is 46.7 Å². The van der Waals surface area contributed by atoms with Crippen molar-refractivity contribution in [1.29, 1.82) is 0 Å². The van der Waals surface area contributed by atoms with Crippen molar-refractivity contribution in [2.24, 2.45) is 0 Å². The Morgan fingerprint density at radius 2 is 2.10 bits per heavy atom. The van der Waals surface area contributed by atoms with Crippen LogP contribution in [0.4, 0.5) is 19.7 Å². The van der Waals surface area contributed by atoms with Crippen LogP contribution in [0.25, 0.3) is 0 Å². The van der Waals surface area contributed by atoms with E-state index in [1.54, 1.807) is 13.8 Å². The molecule has 1 saturated heterocycles. The molecule has 0 aromatic carbocycles. The molecule has 1 aliphatic rings. The number of thiophene rings is 1. The highest BCUT2D eigenvalue weighted by molar-refractivity contribution is 7.51. The Kier molecular flexibility index (Phi) is 9.47. The molecule has 0 aliphatic carbocycles. The zero-order valence-electron chi connectivity index (χ0n) is 20.6. The number of ether oxygens (including phenoxy) is 2. The summed E-state index contributed by atoms with van der Waals surface area (Å²) in [4.78, 5) is 41.5. The van der Waals surface area contributed by atoms with Gasteiger partial charge in [0, 0.05) is 10.9 Å². The fourth-order valence-electron chi connectivity index (χ4n) is 3.22. The summed E-state index contributed by atoms with van der Waals surface area (Å²) in [5.74, 6) is -5.35. The van der Waals surface area contributed by atoms with Gasteiger partial charge in [0.05, 0.1) is 24.2 Å². The number of hydrogen-bond donors (Lipinski definition) is 3. The monoisotopic (exact) mass is 598 g/mol. The molecule has 39 heavy (non-hydrogen) atoms. The Bertz CT molecular complexity index is 1310. The molecule has 2 aromatic heterocycles. The molecule has 1 aliphatic heterocycles. The number of nitrogens with one attached hydrogen (secondary N) is 1. The molecule has 0 bridgehead atoms. The van der Waals surface area contributed by atoms with Gasteiger partial charge in [0.2, 0.25) is 12.2 Å². The molecule has 20 heteroatoms. The van der Waals surface area contributed by atoms with E-state index in [-0.39, 0.29) is 9.88 Å². The lowest BCUT2D eigenvalue weighted by Gasteiger charge is -2.24. The van der Waals surface area contributed by atoms with E-state index in [2.05, 4.69) is 15.1 Å². The van der Waals surface area contributed by atoms with E-state index in [1.807, 2.05) is 0 Å². The Balaban J connectivity index is 1.78. The minimum absolute atomic E-state index is 0.219. The lowest BCUT2D eigenvalue weighted by molar-refractivity contribution is -0.380. The maximum atomic E-state index is 14.8. The van der Waals surface area contributed by atoms with Crippen LogP contribution in [0.1, 0.15) is 31.9 Å². The average Bonchev–Trinajstić information content (AvgIpc) is 3.40. The fourth-order valence-corrected chi connectivity index (χ4v) is 5.50. The van der Waals surface area contributed by atoms with Crippen molar-refractivity contribution in [2.45, 2.75) is 63.9 Å². The predicted molar refractivity (Wildman–Crippen MR) is 129 cm³/mol. The van der Waals surface area contributed by atoms with Crippen molar-refractivity contribution in [3.63, 3.8) is 0 Å². The third-order valence-electron chi connectivity index (χ3n) is 5.05. The second-order valence-electron chi connectivity index (χ2n) is 8.45. The number of aliphatic hydroxyl groups is 1. The first-order valence-electron chi connectivity index (χ1n) is 11.2. The summed E-state index contributed by atoms with van der Waals surface area (Å²) in [6, 6.07) is 1.26. The normalized spacial score (nSPS) is 22.9. The molecule has 5 atom stereocenters. The van der Waals surface area contributed by atoms with E-state index >= 15 is 0 Å². The summed E-state index contributed by atoms with van der Waals surface area (Å²) in [5.41, 5.74) is 4.04. The number of carbonyl (C=O) groups is 1. The standard InChI is InChI=1S/C19H25F2N6O10PS/c1-9(2)36-15(29)10(3)25-38(33,34-6-11-4-5-13(39-11)27(31)32)35-7-12-14(28)19(20,21)16(37-12)26-8-23-17(22)24-18(26)30/h4-5,8-10,12,14,16,28H,6-7H2,1-3H3,(H,25,33)(H2,22,24,30)/t10-,12+,14?,16+,38?/m0/s1. The molecule has 216 valence electrons. The number of nitro groups is 1. The lowest BCUT2D eigenvalue weighted by atomic mass is 10.1. The number of esters is 1. The lowest BCUT2D eigenvalue weighted by Crippen LogP contribution is -2.42. The number of hydrogen-bond acceptors (Lipinski definition) is 14. The van der Waals surface area contributed by atoms with Crippen LogP contribution in [0.2, 0.25) is 0 Å². The maximum Gasteiger partial charge on any atom is 0.406 e. The molecule has 3 heterocycles. The summed E-state index contributed by atoms with van der Waals surface area (Å²) in [6.45, 7) is 2.98. The topological polar surface area (TPSA) is 220 Å². The summed E-state index contributed by atoms with van der Waals surface area (Å²) >= 11 is 0.722. The molecule has 16 nitrogen and oxygen atoms in total. The molecule has 3 rings (SSSR count). The van der Waals surface area contributed by atoms with Crippen LogP contribution in [0.15, 0.2) is 23.3 Å².